The molecule has 0 spiro atoms. The third-order valence-corrected chi connectivity index (χ3v) is 23.7. The number of rotatable bonds is 16. The van der Waals surface area contributed by atoms with Gasteiger partial charge in [0.15, 0.2) is 0 Å². The molecule has 0 saturated carbocycles. The number of hydrogen-bond donors (Lipinski definition) is 0. The molecule has 0 aromatic rings. The van der Waals surface area contributed by atoms with Crippen LogP contribution in [0.1, 0.15) is 318 Å². The zero-order valence-electron chi connectivity index (χ0n) is 78.1. The Morgan fingerprint density at radius 2 is 0.556 bits per heavy atom. The van der Waals surface area contributed by atoms with Gasteiger partial charge in [-0.3, -0.25) is 19.6 Å². The Balaban J connectivity index is 0.000000617. The SMILES string of the molecule is CC(C)/C1=C/CCN(C(C)C)CCC1.CC(C)/C1=C/CCN(C(C)C)CCC1.CC(C)C1C/C=C\N(C(C)C)CCC1.CC(C)C1CCCN(C(C)C)CCC1.CC(C)N1C=CC=CN(C(C)C)C1.CC(C)N1C=CCCN(C(C)C)C1.CC(C)N1C=CCCN(C(C)C)C1.CC(C)N1CC=CCN(C(C)C)C1. The molecule has 0 aliphatic carbocycles. The molecule has 8 aliphatic rings. The van der Waals surface area contributed by atoms with Gasteiger partial charge in [0.05, 0.1) is 26.7 Å². The standard InChI is InChI=1S/C13H27N.3C13H25N.3C11H22N2.C11H20N2/c4*1-11(2)13-7-5-9-14(12(3)4)10-6-8-13;4*1-10(2)12-7-5-6-8-13(9-12)11(3)4/h11-13H,5-10H2,1-4H3;2*7,11-12H,5-6,8-10H2,1-4H3;5,9,11-13H,6-8,10H2,1-4H3;2*5,7,10-11H,6,8-9H2,1-4H3;5-6,10-11H,7-9H2,1-4H3;5-8,10-11H,9H2,1-4H3/b;2*13-7+;9-5-;;;;. The van der Waals surface area contributed by atoms with Gasteiger partial charge in [-0.15, -0.1) is 0 Å². The van der Waals surface area contributed by atoms with Gasteiger partial charge in [-0.05, 0) is 355 Å². The third-order valence-electron chi connectivity index (χ3n) is 23.7. The zero-order chi connectivity index (χ0) is 81.6. The molecule has 8 heterocycles. The van der Waals surface area contributed by atoms with Crippen molar-refractivity contribution in [3.05, 3.63) is 96.8 Å². The summed E-state index contributed by atoms with van der Waals surface area (Å²) >= 11 is 0. The van der Waals surface area contributed by atoms with E-state index < -0.39 is 0 Å². The Kier molecular flexibility index (Phi) is 55.6. The second-order valence-electron chi connectivity index (χ2n) is 37.5. The number of hydrogen-bond acceptors (Lipinski definition) is 12. The lowest BCUT2D eigenvalue weighted by Gasteiger charge is -2.32. The predicted octanol–water partition coefficient (Wildman–Crippen LogP) is 23.0. The Morgan fingerprint density at radius 3 is 0.889 bits per heavy atom. The van der Waals surface area contributed by atoms with Gasteiger partial charge in [0.2, 0.25) is 0 Å². The van der Waals surface area contributed by atoms with E-state index >= 15 is 0 Å². The lowest BCUT2D eigenvalue weighted by Crippen LogP contribution is -2.43. The van der Waals surface area contributed by atoms with Crippen LogP contribution in [-0.4, -0.2) is 230 Å². The van der Waals surface area contributed by atoms with E-state index in [1.807, 2.05) is 0 Å². The second-order valence-corrected chi connectivity index (χ2v) is 37.5. The lowest BCUT2D eigenvalue weighted by atomic mass is 9.86. The van der Waals surface area contributed by atoms with Gasteiger partial charge in [0.1, 0.15) is 0 Å². The fraction of sp³-hybridized carbons (Fsp3) is 0.833. The largest absolute Gasteiger partial charge is 0.375 e. The first kappa shape index (κ1) is 103. The minimum Gasteiger partial charge on any atom is -0.375 e. The van der Waals surface area contributed by atoms with Crippen molar-refractivity contribution in [1.29, 1.82) is 0 Å². The van der Waals surface area contributed by atoms with Gasteiger partial charge in [0, 0.05) is 131 Å². The second kappa shape index (κ2) is 58.5. The first-order valence-electron chi connectivity index (χ1n) is 45.2. The van der Waals surface area contributed by atoms with Crippen LogP contribution in [0.25, 0.3) is 0 Å². The van der Waals surface area contributed by atoms with E-state index in [1.165, 1.54) is 155 Å². The summed E-state index contributed by atoms with van der Waals surface area (Å²) in [5.41, 5.74) is 3.35. The molecule has 0 aromatic heterocycles. The summed E-state index contributed by atoms with van der Waals surface area (Å²) in [6.07, 6.45) is 51.6. The Morgan fingerprint density at radius 1 is 0.250 bits per heavy atom. The first-order chi connectivity index (χ1) is 50.9. The van der Waals surface area contributed by atoms with Crippen LogP contribution >= 0.6 is 0 Å². The van der Waals surface area contributed by atoms with Crippen molar-refractivity contribution < 1.29 is 0 Å². The fourth-order valence-electron chi connectivity index (χ4n) is 14.9. The van der Waals surface area contributed by atoms with Crippen LogP contribution in [0.2, 0.25) is 0 Å². The summed E-state index contributed by atoms with van der Waals surface area (Å²) < 4.78 is 0. The van der Waals surface area contributed by atoms with Gasteiger partial charge < -0.3 is 39.2 Å². The van der Waals surface area contributed by atoms with Crippen LogP contribution < -0.4 is 0 Å². The molecule has 12 heteroatoms. The maximum absolute atomic E-state index is 2.64. The van der Waals surface area contributed by atoms with Gasteiger partial charge >= 0.3 is 0 Å². The normalized spacial score (nSPS) is 22.2. The minimum absolute atomic E-state index is 0.567. The smallest absolute Gasteiger partial charge is 0.0897 e. The number of nitrogens with zero attached hydrogens (tertiary/aromatic N) is 12. The van der Waals surface area contributed by atoms with Crippen LogP contribution in [0.3, 0.4) is 0 Å². The van der Waals surface area contributed by atoms with E-state index in [1.54, 1.807) is 11.1 Å². The highest BCUT2D eigenvalue weighted by atomic mass is 15.3. The van der Waals surface area contributed by atoms with E-state index in [2.05, 4.69) is 366 Å². The van der Waals surface area contributed by atoms with Crippen molar-refractivity contribution in [3.8, 4) is 0 Å². The minimum atomic E-state index is 0.567. The van der Waals surface area contributed by atoms with Crippen LogP contribution in [0, 0.1) is 35.5 Å². The molecular formula is C96H188N12. The molecule has 1 unspecified atom stereocenters. The molecule has 0 N–H and O–H groups in total. The van der Waals surface area contributed by atoms with Crippen molar-refractivity contribution in [1.82, 2.24) is 58.8 Å². The first-order valence-corrected chi connectivity index (χ1v) is 45.2. The average Bonchev–Trinajstić information content (AvgIpc) is 1.68. The summed E-state index contributed by atoms with van der Waals surface area (Å²) in [5.74, 6) is 5.12. The average molecular weight is 1510 g/mol. The number of allylic oxidation sites excluding steroid dienone is 5. The Hall–Kier alpha value is -3.36. The highest BCUT2D eigenvalue weighted by molar-refractivity contribution is 5.08. The molecule has 1 fully saturated rings. The highest BCUT2D eigenvalue weighted by Gasteiger charge is 2.23. The van der Waals surface area contributed by atoms with Crippen LogP contribution in [0.5, 0.6) is 0 Å². The quantitative estimate of drug-likeness (QED) is 0.138. The molecule has 1 saturated heterocycles. The molecule has 632 valence electrons. The topological polar surface area (TPSA) is 38.9 Å². The van der Waals surface area contributed by atoms with Crippen molar-refractivity contribution >= 4 is 0 Å². The third kappa shape index (κ3) is 45.5. The number of likely N-dealkylation sites (tertiary alicyclic amines) is 1. The molecule has 0 radical (unpaired) electrons. The monoisotopic (exact) mass is 1510 g/mol. The van der Waals surface area contributed by atoms with Crippen molar-refractivity contribution in [3.63, 3.8) is 0 Å². The van der Waals surface area contributed by atoms with E-state index in [9.17, 15) is 0 Å². The van der Waals surface area contributed by atoms with Gasteiger partial charge in [-0.1, -0.05) is 109 Å². The Bertz CT molecular complexity index is 2270. The molecule has 12 nitrogen and oxygen atoms in total. The fourth-order valence-corrected chi connectivity index (χ4v) is 14.9. The molecule has 0 bridgehead atoms. The lowest BCUT2D eigenvalue weighted by molar-refractivity contribution is 0.109. The molecule has 1 atom stereocenters. The van der Waals surface area contributed by atoms with E-state index in [0.29, 0.717) is 66.5 Å². The molecule has 108 heavy (non-hydrogen) atoms. The zero-order valence-corrected chi connectivity index (χ0v) is 78.1. The summed E-state index contributed by atoms with van der Waals surface area (Å²) in [4.78, 5) is 29.7. The molecule has 8 rings (SSSR count). The summed E-state index contributed by atoms with van der Waals surface area (Å²) in [6.45, 7) is 90.8. The van der Waals surface area contributed by atoms with Gasteiger partial charge in [-0.2, -0.15) is 0 Å². The van der Waals surface area contributed by atoms with Gasteiger partial charge in [-0.25, -0.2) is 0 Å². The summed E-state index contributed by atoms with van der Waals surface area (Å²) in [6, 6.07) is 7.76. The van der Waals surface area contributed by atoms with Crippen molar-refractivity contribution in [2.45, 2.75) is 390 Å². The molecular weight excluding hydrogens is 1320 g/mol. The summed E-state index contributed by atoms with van der Waals surface area (Å²) in [5, 5.41) is 0. The van der Waals surface area contributed by atoms with Crippen molar-refractivity contribution in [2.75, 3.05) is 98.7 Å². The van der Waals surface area contributed by atoms with Gasteiger partial charge in [0.25, 0.3) is 0 Å². The summed E-state index contributed by atoms with van der Waals surface area (Å²) in [7, 11) is 0. The highest BCUT2D eigenvalue weighted by Crippen LogP contribution is 2.28. The van der Waals surface area contributed by atoms with E-state index in [-0.39, 0.29) is 0 Å². The molecule has 0 aromatic carbocycles. The van der Waals surface area contributed by atoms with Crippen LogP contribution in [-0.2, 0) is 0 Å². The molecule has 0 amide bonds. The van der Waals surface area contributed by atoms with Crippen molar-refractivity contribution in [2.24, 2.45) is 35.5 Å². The van der Waals surface area contributed by atoms with Crippen LogP contribution in [0.4, 0.5) is 0 Å². The maximum Gasteiger partial charge on any atom is 0.0897 e. The predicted molar refractivity (Wildman–Crippen MR) is 483 cm³/mol. The van der Waals surface area contributed by atoms with E-state index in [0.717, 1.165) is 81.3 Å². The molecule has 8 aliphatic heterocycles. The maximum atomic E-state index is 2.64. The van der Waals surface area contributed by atoms with Crippen LogP contribution in [0.15, 0.2) is 96.8 Å². The van der Waals surface area contributed by atoms with E-state index in [4.69, 9.17) is 0 Å². The Labute approximate surface area is 676 Å².